The number of benzene rings is 1. The summed E-state index contributed by atoms with van der Waals surface area (Å²) in [4.78, 5) is 0.103. The summed E-state index contributed by atoms with van der Waals surface area (Å²) in [7, 11) is -0.583. The SMILES string of the molecule is CN(C)S(=O)(=O)c1cccc2nonc12. The van der Waals surface area contributed by atoms with Gasteiger partial charge in [-0.25, -0.2) is 17.4 Å². The first kappa shape index (κ1) is 10.1. The molecule has 80 valence electrons. The molecule has 0 unspecified atom stereocenters. The smallest absolute Gasteiger partial charge is 0.243 e. The monoisotopic (exact) mass is 227 g/mol. The molecule has 0 aliphatic heterocycles. The average molecular weight is 227 g/mol. The van der Waals surface area contributed by atoms with Crippen molar-refractivity contribution in [1.82, 2.24) is 14.6 Å². The third-order valence-electron chi connectivity index (χ3n) is 2.01. The lowest BCUT2D eigenvalue weighted by atomic mass is 10.3. The molecule has 1 heterocycles. The van der Waals surface area contributed by atoms with Gasteiger partial charge < -0.3 is 0 Å². The van der Waals surface area contributed by atoms with Gasteiger partial charge in [-0.1, -0.05) is 6.07 Å². The molecular weight excluding hydrogens is 218 g/mol. The summed E-state index contributed by atoms with van der Waals surface area (Å²) in [6.45, 7) is 0. The Labute approximate surface area is 86.5 Å². The Hall–Kier alpha value is -1.47. The quantitative estimate of drug-likeness (QED) is 0.745. The molecule has 1 aromatic heterocycles. The number of hydrogen-bond acceptors (Lipinski definition) is 5. The molecule has 15 heavy (non-hydrogen) atoms. The highest BCUT2D eigenvalue weighted by Crippen LogP contribution is 2.21. The van der Waals surface area contributed by atoms with Gasteiger partial charge in [0.05, 0.1) is 0 Å². The van der Waals surface area contributed by atoms with Crippen LogP contribution in [0.2, 0.25) is 0 Å². The van der Waals surface area contributed by atoms with Crippen LogP contribution in [-0.4, -0.2) is 37.1 Å². The van der Waals surface area contributed by atoms with Crippen molar-refractivity contribution >= 4 is 21.1 Å². The van der Waals surface area contributed by atoms with E-state index in [4.69, 9.17) is 0 Å². The molecule has 0 radical (unpaired) electrons. The zero-order valence-corrected chi connectivity index (χ0v) is 9.02. The van der Waals surface area contributed by atoms with Gasteiger partial charge in [0.15, 0.2) is 5.52 Å². The summed E-state index contributed by atoms with van der Waals surface area (Å²) in [6.07, 6.45) is 0. The molecule has 2 rings (SSSR count). The number of nitrogens with zero attached hydrogens (tertiary/aromatic N) is 3. The summed E-state index contributed by atoms with van der Waals surface area (Å²) in [5, 5.41) is 7.16. The first-order valence-electron chi connectivity index (χ1n) is 4.17. The van der Waals surface area contributed by atoms with Crippen LogP contribution in [0, 0.1) is 0 Å². The second-order valence-corrected chi connectivity index (χ2v) is 5.30. The van der Waals surface area contributed by atoms with Gasteiger partial charge in [-0.2, -0.15) is 0 Å². The van der Waals surface area contributed by atoms with E-state index in [1.807, 2.05) is 0 Å². The minimum absolute atomic E-state index is 0.103. The van der Waals surface area contributed by atoms with Crippen molar-refractivity contribution in [1.29, 1.82) is 0 Å². The Bertz CT molecular complexity index is 588. The number of hydrogen-bond donors (Lipinski definition) is 0. The summed E-state index contributed by atoms with van der Waals surface area (Å²) in [6, 6.07) is 4.71. The van der Waals surface area contributed by atoms with Crippen LogP contribution in [0.25, 0.3) is 11.0 Å². The number of rotatable bonds is 2. The molecule has 0 amide bonds. The van der Waals surface area contributed by atoms with Gasteiger partial charge in [0, 0.05) is 14.1 Å². The fourth-order valence-corrected chi connectivity index (χ4v) is 2.22. The van der Waals surface area contributed by atoms with Crippen molar-refractivity contribution in [3.05, 3.63) is 18.2 Å². The summed E-state index contributed by atoms with van der Waals surface area (Å²) >= 11 is 0. The van der Waals surface area contributed by atoms with Crippen molar-refractivity contribution < 1.29 is 13.0 Å². The van der Waals surface area contributed by atoms with Crippen molar-refractivity contribution in [2.75, 3.05) is 14.1 Å². The Morgan fingerprint density at radius 3 is 2.67 bits per heavy atom. The van der Waals surface area contributed by atoms with Crippen LogP contribution < -0.4 is 0 Å². The number of sulfonamides is 1. The molecule has 7 heteroatoms. The van der Waals surface area contributed by atoms with Crippen LogP contribution >= 0.6 is 0 Å². The highest BCUT2D eigenvalue weighted by Gasteiger charge is 2.22. The summed E-state index contributed by atoms with van der Waals surface area (Å²) in [5.41, 5.74) is 0.684. The van der Waals surface area contributed by atoms with E-state index >= 15 is 0 Å². The Morgan fingerprint density at radius 2 is 2.00 bits per heavy atom. The lowest BCUT2D eigenvalue weighted by Crippen LogP contribution is -2.22. The Kier molecular flexibility index (Phi) is 2.20. The molecule has 1 aromatic carbocycles. The lowest BCUT2D eigenvalue weighted by molar-refractivity contribution is 0.315. The molecule has 6 nitrogen and oxygen atoms in total. The molecule has 0 saturated heterocycles. The van der Waals surface area contributed by atoms with Gasteiger partial charge in [-0.05, 0) is 22.4 Å². The predicted molar refractivity (Wildman–Crippen MR) is 52.7 cm³/mol. The lowest BCUT2D eigenvalue weighted by Gasteiger charge is -2.10. The van der Waals surface area contributed by atoms with E-state index in [9.17, 15) is 8.42 Å². The van der Waals surface area contributed by atoms with Gasteiger partial charge >= 0.3 is 0 Å². The third kappa shape index (κ3) is 1.49. The first-order valence-corrected chi connectivity index (χ1v) is 5.61. The van der Waals surface area contributed by atoms with Gasteiger partial charge in [-0.3, -0.25) is 0 Å². The van der Waals surface area contributed by atoms with E-state index in [2.05, 4.69) is 14.9 Å². The molecule has 2 aromatic rings. The minimum atomic E-state index is -3.50. The standard InChI is InChI=1S/C8H9N3O3S/c1-11(2)15(12,13)7-5-3-4-6-8(7)10-14-9-6/h3-5H,1-2H3. The van der Waals surface area contributed by atoms with E-state index in [1.54, 1.807) is 12.1 Å². The molecular formula is C8H9N3O3S. The Balaban J connectivity index is 2.77. The third-order valence-corrected chi connectivity index (χ3v) is 3.85. The van der Waals surface area contributed by atoms with E-state index < -0.39 is 10.0 Å². The molecule has 0 atom stereocenters. The van der Waals surface area contributed by atoms with Gasteiger partial charge in [0.25, 0.3) is 0 Å². The van der Waals surface area contributed by atoms with Crippen LogP contribution in [0.1, 0.15) is 0 Å². The van der Waals surface area contributed by atoms with E-state index in [0.29, 0.717) is 5.52 Å². The fraction of sp³-hybridized carbons (Fsp3) is 0.250. The molecule has 0 spiro atoms. The first-order chi connectivity index (χ1) is 7.03. The van der Waals surface area contributed by atoms with Crippen LogP contribution in [0.5, 0.6) is 0 Å². The predicted octanol–water partition coefficient (Wildman–Crippen LogP) is 0.473. The number of fused-ring (bicyclic) bond motifs is 1. The zero-order valence-electron chi connectivity index (χ0n) is 8.21. The summed E-state index contributed by atoms with van der Waals surface area (Å²) in [5.74, 6) is 0. The molecule has 0 fully saturated rings. The topological polar surface area (TPSA) is 76.3 Å². The Morgan fingerprint density at radius 1 is 1.27 bits per heavy atom. The molecule has 0 N–H and O–H groups in total. The van der Waals surface area contributed by atoms with E-state index in [0.717, 1.165) is 4.31 Å². The van der Waals surface area contributed by atoms with Crippen molar-refractivity contribution in [3.8, 4) is 0 Å². The van der Waals surface area contributed by atoms with Crippen LogP contribution in [0.15, 0.2) is 27.7 Å². The molecule has 0 bridgehead atoms. The van der Waals surface area contributed by atoms with Crippen LogP contribution in [-0.2, 0) is 10.0 Å². The average Bonchev–Trinajstić information content (AvgIpc) is 2.64. The van der Waals surface area contributed by atoms with Gasteiger partial charge in [0.2, 0.25) is 10.0 Å². The summed E-state index contributed by atoms with van der Waals surface area (Å²) < 4.78 is 29.3. The van der Waals surface area contributed by atoms with E-state index in [1.165, 1.54) is 20.2 Å². The second kappa shape index (κ2) is 3.28. The second-order valence-electron chi connectivity index (χ2n) is 3.18. The normalized spacial score (nSPS) is 12.5. The molecule has 0 aliphatic carbocycles. The largest absolute Gasteiger partial charge is 0.244 e. The van der Waals surface area contributed by atoms with E-state index in [-0.39, 0.29) is 10.4 Å². The zero-order chi connectivity index (χ0) is 11.1. The number of aromatic nitrogens is 2. The van der Waals surface area contributed by atoms with Gasteiger partial charge in [-0.15, -0.1) is 0 Å². The van der Waals surface area contributed by atoms with Crippen molar-refractivity contribution in [3.63, 3.8) is 0 Å². The minimum Gasteiger partial charge on any atom is -0.243 e. The van der Waals surface area contributed by atoms with Gasteiger partial charge in [0.1, 0.15) is 10.4 Å². The highest BCUT2D eigenvalue weighted by molar-refractivity contribution is 7.89. The fourth-order valence-electron chi connectivity index (χ4n) is 1.19. The highest BCUT2D eigenvalue weighted by atomic mass is 32.2. The van der Waals surface area contributed by atoms with Crippen LogP contribution in [0.4, 0.5) is 0 Å². The maximum Gasteiger partial charge on any atom is 0.244 e. The maximum absolute atomic E-state index is 11.9. The van der Waals surface area contributed by atoms with Crippen molar-refractivity contribution in [2.24, 2.45) is 0 Å². The van der Waals surface area contributed by atoms with Crippen molar-refractivity contribution in [2.45, 2.75) is 4.90 Å². The molecule has 0 aliphatic rings. The molecule has 0 saturated carbocycles. The van der Waals surface area contributed by atoms with Crippen LogP contribution in [0.3, 0.4) is 0 Å². The maximum atomic E-state index is 11.9.